The normalized spacial score (nSPS) is 19.3. The van der Waals surface area contributed by atoms with Gasteiger partial charge in [-0.1, -0.05) is 0 Å². The van der Waals surface area contributed by atoms with Crippen LogP contribution in [0.2, 0.25) is 0 Å². The highest BCUT2D eigenvalue weighted by Crippen LogP contribution is 2.23. The molecule has 0 spiro atoms. The van der Waals surface area contributed by atoms with Gasteiger partial charge in [-0.3, -0.25) is 0 Å². The van der Waals surface area contributed by atoms with Crippen LogP contribution in [0.1, 0.15) is 31.2 Å². The summed E-state index contributed by atoms with van der Waals surface area (Å²) in [4.78, 5) is 7.59. The van der Waals surface area contributed by atoms with Crippen molar-refractivity contribution in [3.8, 4) is 11.8 Å². The van der Waals surface area contributed by atoms with Gasteiger partial charge < -0.3 is 9.64 Å². The number of nitrogens with one attached hydrogen (secondary N) is 2. The van der Waals surface area contributed by atoms with Crippen molar-refractivity contribution >= 4 is 16.7 Å². The van der Waals surface area contributed by atoms with Crippen molar-refractivity contribution in [2.45, 2.75) is 31.7 Å². The van der Waals surface area contributed by atoms with Gasteiger partial charge in [0.1, 0.15) is 49.1 Å². The zero-order chi connectivity index (χ0) is 17.2. The Morgan fingerprint density at radius 2 is 1.96 bits per heavy atom. The third-order valence-corrected chi connectivity index (χ3v) is 5.84. The number of fused-ring (bicyclic) bond motifs is 1. The van der Waals surface area contributed by atoms with Gasteiger partial charge in [0.05, 0.1) is 13.2 Å². The van der Waals surface area contributed by atoms with Crippen molar-refractivity contribution < 1.29 is 14.6 Å². The van der Waals surface area contributed by atoms with Crippen LogP contribution in [0.15, 0.2) is 24.3 Å². The molecule has 1 aliphatic carbocycles. The minimum Gasteiger partial charge on any atom is -0.497 e. The van der Waals surface area contributed by atoms with Crippen LogP contribution in [0.25, 0.3) is 10.9 Å². The number of benzene rings is 1. The Bertz CT molecular complexity index is 799. The van der Waals surface area contributed by atoms with E-state index in [1.54, 1.807) is 12.0 Å². The highest BCUT2D eigenvalue weighted by molar-refractivity contribution is 5.80. The maximum absolute atomic E-state index is 9.61. The summed E-state index contributed by atoms with van der Waals surface area (Å²) in [5.74, 6) is 1.78. The molecule has 2 heterocycles. The van der Waals surface area contributed by atoms with Crippen molar-refractivity contribution in [1.29, 1.82) is 5.26 Å². The molecule has 1 saturated carbocycles. The summed E-state index contributed by atoms with van der Waals surface area (Å²) in [5.41, 5.74) is 1.74. The minimum atomic E-state index is 0.724. The second-order valence-electron chi connectivity index (χ2n) is 7.22. The molecule has 5 nitrogen and oxygen atoms in total. The molecule has 130 valence electrons. The highest BCUT2D eigenvalue weighted by Gasteiger charge is 2.34. The Labute approximate surface area is 148 Å². The lowest BCUT2D eigenvalue weighted by Gasteiger charge is -2.32. The summed E-state index contributed by atoms with van der Waals surface area (Å²) in [6.07, 6.45) is 5.58. The van der Waals surface area contributed by atoms with Gasteiger partial charge >= 0.3 is 0 Å². The number of hydrogen-bond acceptors (Lipinski definition) is 3. The largest absolute Gasteiger partial charge is 0.497 e. The van der Waals surface area contributed by atoms with Crippen LogP contribution in [0.5, 0.6) is 5.75 Å². The van der Waals surface area contributed by atoms with E-state index in [1.165, 1.54) is 38.8 Å². The molecule has 5 heteroatoms. The minimum absolute atomic E-state index is 0.724. The first kappa shape index (κ1) is 16.2. The van der Waals surface area contributed by atoms with Crippen molar-refractivity contribution in [3.63, 3.8) is 0 Å². The number of ether oxygens (including phenoxy) is 1. The number of pyridine rings is 1. The van der Waals surface area contributed by atoms with Crippen LogP contribution in [-0.4, -0.2) is 39.3 Å². The Hall–Kier alpha value is -2.32. The van der Waals surface area contributed by atoms with Gasteiger partial charge in [0.15, 0.2) is 0 Å². The predicted octanol–water partition coefficient (Wildman–Crippen LogP) is 1.18. The molecule has 1 aliphatic heterocycles. The van der Waals surface area contributed by atoms with E-state index in [2.05, 4.69) is 16.0 Å². The fraction of sp³-hybridized carbons (Fsp3) is 0.500. The predicted molar refractivity (Wildman–Crippen MR) is 96.9 cm³/mol. The average Bonchev–Trinajstić information content (AvgIpc) is 3.21. The molecule has 0 bridgehead atoms. The molecule has 1 aromatic heterocycles. The number of rotatable bonds is 3. The Kier molecular flexibility index (Phi) is 4.46. The van der Waals surface area contributed by atoms with Crippen molar-refractivity contribution in [2.24, 2.45) is 0 Å². The van der Waals surface area contributed by atoms with Crippen LogP contribution in [0.3, 0.4) is 0 Å². The lowest BCUT2D eigenvalue weighted by molar-refractivity contribution is -0.925. The summed E-state index contributed by atoms with van der Waals surface area (Å²) >= 11 is 0. The zero-order valence-corrected chi connectivity index (χ0v) is 14.8. The summed E-state index contributed by atoms with van der Waals surface area (Å²) in [6, 6.07) is 11.1. The molecular weight excluding hydrogens is 312 g/mol. The van der Waals surface area contributed by atoms with Crippen molar-refractivity contribution in [3.05, 3.63) is 29.8 Å². The van der Waals surface area contributed by atoms with Crippen LogP contribution in [0, 0.1) is 11.3 Å². The van der Waals surface area contributed by atoms with E-state index >= 15 is 0 Å². The van der Waals surface area contributed by atoms with Crippen LogP contribution < -0.4 is 19.5 Å². The fourth-order valence-electron chi connectivity index (χ4n) is 4.41. The fourth-order valence-corrected chi connectivity index (χ4v) is 4.41. The van der Waals surface area contributed by atoms with E-state index < -0.39 is 0 Å². The van der Waals surface area contributed by atoms with E-state index in [9.17, 15) is 5.26 Å². The Morgan fingerprint density at radius 1 is 1.20 bits per heavy atom. The molecule has 2 aliphatic rings. The van der Waals surface area contributed by atoms with E-state index in [0.29, 0.717) is 0 Å². The maximum atomic E-state index is 9.61. The quantitative estimate of drug-likeness (QED) is 0.914. The number of H-pyrrole nitrogens is 1. The van der Waals surface area contributed by atoms with E-state index in [1.807, 2.05) is 24.3 Å². The molecule has 0 radical (unpaired) electrons. The maximum Gasteiger partial charge on any atom is 0.293 e. The van der Waals surface area contributed by atoms with Gasteiger partial charge in [-0.2, -0.15) is 5.26 Å². The van der Waals surface area contributed by atoms with Crippen molar-refractivity contribution in [1.82, 2.24) is 0 Å². The molecule has 2 fully saturated rings. The molecular formula is C20H26N4O+2. The summed E-state index contributed by atoms with van der Waals surface area (Å²) in [6.45, 7) is 4.35. The summed E-state index contributed by atoms with van der Waals surface area (Å²) in [5, 5.41) is 10.6. The summed E-state index contributed by atoms with van der Waals surface area (Å²) < 4.78 is 5.33. The molecule has 0 atom stereocenters. The van der Waals surface area contributed by atoms with Gasteiger partial charge in [-0.05, 0) is 43.9 Å². The standard InChI is InChI=1S/C20H24N4O/c1-25-18-7-6-15-12-16(14-21)20(22-19(15)13-18)24-10-8-23(9-11-24)17-4-2-3-5-17/h6-7,12-13,17H,2-5,8-11H2,1H3/p+2. The van der Waals surface area contributed by atoms with Crippen LogP contribution >= 0.6 is 0 Å². The first-order chi connectivity index (χ1) is 12.3. The topological polar surface area (TPSA) is 54.8 Å². The molecule has 0 unspecified atom stereocenters. The monoisotopic (exact) mass is 338 g/mol. The number of hydrogen-bond donors (Lipinski definition) is 1. The molecule has 0 amide bonds. The second kappa shape index (κ2) is 6.89. The Morgan fingerprint density at radius 3 is 2.64 bits per heavy atom. The second-order valence-corrected chi connectivity index (χ2v) is 7.22. The molecule has 1 aromatic carbocycles. The SMILES string of the molecule is COc1ccc2cc(C#N)c(N3CC[NH+](C4CCCC4)CC3)[nH+]c2c1. The lowest BCUT2D eigenvalue weighted by atomic mass is 10.1. The number of piperazine rings is 1. The van der Waals surface area contributed by atoms with E-state index in [-0.39, 0.29) is 0 Å². The third-order valence-electron chi connectivity index (χ3n) is 5.84. The molecule has 25 heavy (non-hydrogen) atoms. The van der Waals surface area contributed by atoms with Crippen molar-refractivity contribution in [2.75, 3.05) is 38.2 Å². The number of aromatic amines is 1. The lowest BCUT2D eigenvalue weighted by Crippen LogP contribution is -3.18. The van der Waals surface area contributed by atoms with E-state index in [0.717, 1.165) is 47.2 Å². The molecule has 4 rings (SSSR count). The van der Waals surface area contributed by atoms with Gasteiger partial charge in [-0.25, -0.2) is 9.88 Å². The molecule has 1 saturated heterocycles. The van der Waals surface area contributed by atoms with E-state index in [4.69, 9.17) is 4.74 Å². The van der Waals surface area contributed by atoms with Crippen LogP contribution in [-0.2, 0) is 0 Å². The number of methoxy groups -OCH3 is 1. The zero-order valence-electron chi connectivity index (χ0n) is 14.8. The number of nitriles is 1. The summed E-state index contributed by atoms with van der Waals surface area (Å²) in [7, 11) is 1.68. The van der Waals surface area contributed by atoms with Gasteiger partial charge in [0.2, 0.25) is 0 Å². The molecule has 2 aromatic rings. The smallest absolute Gasteiger partial charge is 0.293 e. The third kappa shape index (κ3) is 3.14. The number of aromatic nitrogens is 1. The first-order valence-corrected chi connectivity index (χ1v) is 9.32. The number of quaternary nitrogens is 1. The van der Waals surface area contributed by atoms with Crippen LogP contribution in [0.4, 0.5) is 5.82 Å². The number of nitrogens with zero attached hydrogens (tertiary/aromatic N) is 2. The Balaban J connectivity index is 1.58. The first-order valence-electron chi connectivity index (χ1n) is 9.32. The van der Waals surface area contributed by atoms with Gasteiger partial charge in [0, 0.05) is 11.5 Å². The number of anilines is 1. The van der Waals surface area contributed by atoms with Gasteiger partial charge in [0.25, 0.3) is 5.82 Å². The van der Waals surface area contributed by atoms with Gasteiger partial charge in [-0.15, -0.1) is 0 Å². The average molecular weight is 338 g/mol. The highest BCUT2D eigenvalue weighted by atomic mass is 16.5. The molecule has 2 N–H and O–H groups in total.